The van der Waals surface area contributed by atoms with Crippen molar-refractivity contribution in [2.45, 2.75) is 108 Å². The molecule has 0 N–H and O–H groups in total. The first kappa shape index (κ1) is 32.3. The number of benzene rings is 2. The monoisotopic (exact) mass is 701 g/mol. The van der Waals surface area contributed by atoms with E-state index in [1.807, 2.05) is 0 Å². The third-order valence-corrected chi connectivity index (χ3v) is 30.9. The van der Waals surface area contributed by atoms with E-state index < -0.39 is 16.4 Å². The summed E-state index contributed by atoms with van der Waals surface area (Å²) in [6.07, 6.45) is 27.4. The molecule has 231 valence electrons. The molecule has 4 aliphatic carbocycles. The molecule has 6 rings (SSSR count). The number of hydrogen-bond acceptors (Lipinski definition) is 0. The molecule has 3 heteroatoms. The number of unbranched alkanes of at least 4 members (excludes halogenated alkanes) is 2. The molecule has 0 nitrogen and oxygen atoms in total. The Labute approximate surface area is 274 Å². The summed E-state index contributed by atoms with van der Waals surface area (Å²) in [4.78, 5) is 0. The molecule has 1 unspecified atom stereocenters. The zero-order valence-electron chi connectivity index (χ0n) is 27.2. The Morgan fingerprint density at radius 1 is 0.727 bits per heavy atom. The van der Waals surface area contributed by atoms with Crippen molar-refractivity contribution in [3.63, 3.8) is 0 Å². The zero-order valence-corrected chi connectivity index (χ0v) is 31.2. The van der Waals surface area contributed by atoms with Crippen molar-refractivity contribution in [2.24, 2.45) is 0 Å². The van der Waals surface area contributed by atoms with E-state index in [-0.39, 0.29) is 3.63 Å². The van der Waals surface area contributed by atoms with E-state index in [0.717, 1.165) is 57.8 Å². The van der Waals surface area contributed by atoms with Crippen LogP contribution >= 0.6 is 17.0 Å². The normalized spacial score (nSPS) is 19.9. The molecular weight excluding hydrogens is 655 g/mol. The molecule has 2 aromatic rings. The fourth-order valence-electron chi connectivity index (χ4n) is 8.77. The summed E-state index contributed by atoms with van der Waals surface area (Å²) in [5.74, 6) is 0. The fraction of sp³-hybridized carbons (Fsp3) is 0.415. The van der Waals surface area contributed by atoms with Gasteiger partial charge >= 0.3 is 270 Å². The molecule has 0 spiro atoms. The fourth-order valence-corrected chi connectivity index (χ4v) is 30.0. The second-order valence-corrected chi connectivity index (χ2v) is 33.9. The van der Waals surface area contributed by atoms with Crippen molar-refractivity contribution in [3.05, 3.63) is 123 Å². The molecular formula is C41H49Cl2Zr. The molecule has 0 fully saturated rings. The number of rotatable bonds is 13. The molecule has 0 saturated carbocycles. The van der Waals surface area contributed by atoms with Gasteiger partial charge in [-0.05, 0) is 6.92 Å². The van der Waals surface area contributed by atoms with Crippen LogP contribution in [0.1, 0.15) is 122 Å². The average Bonchev–Trinajstić information content (AvgIpc) is 3.79. The van der Waals surface area contributed by atoms with Crippen LogP contribution in [0, 0.1) is 0 Å². The number of allylic oxidation sites excluding steroid dienone is 10. The number of halogens is 2. The van der Waals surface area contributed by atoms with Crippen molar-refractivity contribution >= 4 is 29.2 Å². The molecule has 0 aromatic heterocycles. The molecule has 0 bridgehead atoms. The van der Waals surface area contributed by atoms with Crippen molar-refractivity contribution in [1.29, 1.82) is 0 Å². The van der Waals surface area contributed by atoms with E-state index in [4.69, 9.17) is 17.0 Å². The minimum absolute atomic E-state index is 0.108. The zero-order chi connectivity index (χ0) is 30.9. The van der Waals surface area contributed by atoms with Gasteiger partial charge in [-0.2, -0.15) is 0 Å². The Kier molecular flexibility index (Phi) is 9.70. The van der Waals surface area contributed by atoms with Gasteiger partial charge in [0, 0.05) is 0 Å². The van der Waals surface area contributed by atoms with Crippen LogP contribution in [0.15, 0.2) is 89.6 Å². The van der Waals surface area contributed by atoms with Crippen molar-refractivity contribution in [1.82, 2.24) is 0 Å². The Bertz CT molecular complexity index is 1600. The van der Waals surface area contributed by atoms with Gasteiger partial charge in [-0.1, -0.05) is 0 Å². The summed E-state index contributed by atoms with van der Waals surface area (Å²) in [6.45, 7) is 9.12. The minimum atomic E-state index is -4.89. The van der Waals surface area contributed by atoms with Crippen LogP contribution in [0.4, 0.5) is 0 Å². The maximum atomic E-state index is 8.51. The van der Waals surface area contributed by atoms with Gasteiger partial charge in [-0.15, -0.1) is 0 Å². The average molecular weight is 704 g/mol. The molecule has 4 aliphatic rings. The van der Waals surface area contributed by atoms with Gasteiger partial charge in [0.15, 0.2) is 0 Å². The third-order valence-electron chi connectivity index (χ3n) is 10.6. The summed E-state index contributed by atoms with van der Waals surface area (Å²) < 4.78 is 2.95. The third kappa shape index (κ3) is 5.74. The van der Waals surface area contributed by atoms with Crippen LogP contribution in [0.3, 0.4) is 0 Å². The molecule has 0 heterocycles. The molecule has 0 saturated heterocycles. The van der Waals surface area contributed by atoms with Gasteiger partial charge in [0.25, 0.3) is 0 Å². The van der Waals surface area contributed by atoms with Gasteiger partial charge in [-0.3, -0.25) is 0 Å². The Hall–Kier alpha value is -1.66. The SMILES string of the molecule is CCCC1=[C]([Zr]([Cl])([Cl])([C]2=C(CCC)C=CC2)[CH]2C(C)=Cc3cccc(CCCCCc4cccc5c4C=C(C)C5)c32)CC=C1. The number of aryl methyl sites for hydroxylation is 2. The predicted molar refractivity (Wildman–Crippen MR) is 191 cm³/mol. The standard InChI is InChI=1S/C25H27.2C8H11.2ClH.Zr/c1-18-14-22-12-6-10-20(24(22)16-18)8-4-3-5-9-21-11-7-13-23-15-19(2)17-25(21)23;2*1-2-5-8-6-3-4-7-8;;;/h6-7,10-14,16-17H,3-5,8-9,15H2,1-2H3;2*3,6H,2,4-5H2,1H3;2*1H;/q;;;;;+2/p-2. The predicted octanol–water partition coefficient (Wildman–Crippen LogP) is 13.1. The summed E-state index contributed by atoms with van der Waals surface area (Å²) >= 11 is -4.89. The molecule has 44 heavy (non-hydrogen) atoms. The molecule has 2 aromatic carbocycles. The first-order chi connectivity index (χ1) is 21.3. The van der Waals surface area contributed by atoms with Gasteiger partial charge in [-0.25, -0.2) is 0 Å². The first-order valence-corrected chi connectivity index (χ1v) is 27.4. The Morgan fingerprint density at radius 2 is 1.34 bits per heavy atom. The summed E-state index contributed by atoms with van der Waals surface area (Å²) in [6, 6.07) is 13.8. The van der Waals surface area contributed by atoms with Crippen molar-refractivity contribution in [2.75, 3.05) is 0 Å². The van der Waals surface area contributed by atoms with Gasteiger partial charge < -0.3 is 0 Å². The van der Waals surface area contributed by atoms with E-state index >= 15 is 0 Å². The van der Waals surface area contributed by atoms with Crippen LogP contribution in [0.2, 0.25) is 0 Å². The summed E-state index contributed by atoms with van der Waals surface area (Å²) in [5, 5.41) is 0. The van der Waals surface area contributed by atoms with Crippen molar-refractivity contribution < 1.29 is 16.4 Å². The van der Waals surface area contributed by atoms with E-state index in [0.29, 0.717) is 0 Å². The van der Waals surface area contributed by atoms with Crippen LogP contribution in [-0.2, 0) is 35.7 Å². The number of fused-ring (bicyclic) bond motifs is 2. The molecule has 0 amide bonds. The quantitative estimate of drug-likeness (QED) is 0.182. The van der Waals surface area contributed by atoms with E-state index in [1.54, 1.807) is 0 Å². The number of hydrogen-bond donors (Lipinski definition) is 0. The molecule has 0 aliphatic heterocycles. The van der Waals surface area contributed by atoms with Gasteiger partial charge in [0.1, 0.15) is 0 Å². The summed E-state index contributed by atoms with van der Waals surface area (Å²) in [7, 11) is 17.0. The second-order valence-electron chi connectivity index (χ2n) is 13.8. The molecule has 1 atom stereocenters. The maximum absolute atomic E-state index is 8.51. The van der Waals surface area contributed by atoms with E-state index in [2.05, 4.69) is 101 Å². The van der Waals surface area contributed by atoms with E-state index in [1.165, 1.54) is 81.5 Å². The molecule has 0 radical (unpaired) electrons. The van der Waals surface area contributed by atoms with Crippen LogP contribution in [0.25, 0.3) is 12.2 Å². The van der Waals surface area contributed by atoms with Gasteiger partial charge in [0.05, 0.1) is 0 Å². The summed E-state index contributed by atoms with van der Waals surface area (Å²) in [5.41, 5.74) is 14.5. The van der Waals surface area contributed by atoms with Crippen LogP contribution < -0.4 is 0 Å². The second kappa shape index (κ2) is 13.2. The van der Waals surface area contributed by atoms with Crippen molar-refractivity contribution in [3.8, 4) is 0 Å². The topological polar surface area (TPSA) is 0 Å². The van der Waals surface area contributed by atoms with Gasteiger partial charge in [0.2, 0.25) is 0 Å². The van der Waals surface area contributed by atoms with E-state index in [9.17, 15) is 0 Å². The Morgan fingerprint density at radius 3 is 2.00 bits per heavy atom. The Balaban J connectivity index is 1.31. The first-order valence-electron chi connectivity index (χ1n) is 17.2. The van der Waals surface area contributed by atoms with Crippen LogP contribution in [-0.4, -0.2) is 0 Å². The van der Waals surface area contributed by atoms with Crippen LogP contribution in [0.5, 0.6) is 0 Å².